The Balaban J connectivity index is 1.43. The van der Waals surface area contributed by atoms with Crippen molar-refractivity contribution in [2.75, 3.05) is 18.5 Å². The molecule has 41 heavy (non-hydrogen) atoms. The standard InChI is InChI=1S/C28H22Cl2N2O8S/c1-2-3-10-39-27(37)19-12-16(5-8-21(19)30)31-24(33)14-32-25(34)23(41-28(32)38)13-17-6-9-22(40-17)18-11-15(26(35)36)4-7-20(18)29/h4-9,11-13H,2-3,10,14H2,1H3,(H,31,33)(H,35,36)/b23-13-. The van der Waals surface area contributed by atoms with Crippen molar-refractivity contribution in [1.82, 2.24) is 4.90 Å². The molecule has 0 radical (unpaired) electrons. The summed E-state index contributed by atoms with van der Waals surface area (Å²) in [4.78, 5) is 62.5. The number of imide groups is 1. The van der Waals surface area contributed by atoms with Gasteiger partial charge in [0, 0.05) is 17.3 Å². The highest BCUT2D eigenvalue weighted by molar-refractivity contribution is 8.18. The maximum absolute atomic E-state index is 12.9. The first-order valence-corrected chi connectivity index (χ1v) is 13.8. The number of furan rings is 1. The zero-order valence-electron chi connectivity index (χ0n) is 21.4. The Bertz CT molecular complexity index is 1580. The van der Waals surface area contributed by atoms with Crippen molar-refractivity contribution in [1.29, 1.82) is 0 Å². The van der Waals surface area contributed by atoms with E-state index in [2.05, 4.69) is 5.32 Å². The molecular weight excluding hydrogens is 595 g/mol. The number of amides is 3. The number of benzene rings is 2. The van der Waals surface area contributed by atoms with Crippen molar-refractivity contribution in [3.8, 4) is 11.3 Å². The van der Waals surface area contributed by atoms with Crippen LogP contribution in [0.1, 0.15) is 46.2 Å². The van der Waals surface area contributed by atoms with E-state index in [9.17, 15) is 29.1 Å². The molecule has 2 aromatic carbocycles. The van der Waals surface area contributed by atoms with Crippen LogP contribution in [0.3, 0.4) is 0 Å². The highest BCUT2D eigenvalue weighted by Crippen LogP contribution is 2.35. The van der Waals surface area contributed by atoms with E-state index in [4.69, 9.17) is 32.4 Å². The molecule has 0 atom stereocenters. The SMILES string of the molecule is CCCCOC(=O)c1cc(NC(=O)CN2C(=O)S/C(=C\c3ccc(-c4cc(C(=O)O)ccc4Cl)o3)C2=O)ccc1Cl. The van der Waals surface area contributed by atoms with Crippen molar-refractivity contribution in [3.05, 3.63) is 80.4 Å². The molecule has 1 aromatic heterocycles. The molecule has 212 valence electrons. The van der Waals surface area contributed by atoms with Gasteiger partial charge in [-0.05, 0) is 66.7 Å². The Morgan fingerprint density at radius 3 is 2.56 bits per heavy atom. The van der Waals surface area contributed by atoms with Gasteiger partial charge in [0.05, 0.1) is 32.7 Å². The second-order valence-electron chi connectivity index (χ2n) is 8.70. The summed E-state index contributed by atoms with van der Waals surface area (Å²) in [7, 11) is 0. The Morgan fingerprint density at radius 2 is 1.83 bits per heavy atom. The fourth-order valence-electron chi connectivity index (χ4n) is 3.68. The molecular formula is C28H22Cl2N2O8S. The molecule has 1 fully saturated rings. The Labute approximate surface area is 248 Å². The number of anilines is 1. The van der Waals surface area contributed by atoms with Gasteiger partial charge in [0.2, 0.25) is 5.91 Å². The predicted octanol–water partition coefficient (Wildman–Crippen LogP) is 6.58. The van der Waals surface area contributed by atoms with Crippen LogP contribution in [0.2, 0.25) is 10.0 Å². The highest BCUT2D eigenvalue weighted by atomic mass is 35.5. The molecule has 10 nitrogen and oxygen atoms in total. The molecule has 3 amide bonds. The molecule has 0 saturated carbocycles. The van der Waals surface area contributed by atoms with E-state index in [-0.39, 0.29) is 49.9 Å². The number of carboxylic acids is 1. The predicted molar refractivity (Wildman–Crippen MR) is 154 cm³/mol. The van der Waals surface area contributed by atoms with Crippen molar-refractivity contribution in [2.24, 2.45) is 0 Å². The van der Waals surface area contributed by atoms with Gasteiger partial charge in [-0.15, -0.1) is 0 Å². The molecule has 0 unspecified atom stereocenters. The smallest absolute Gasteiger partial charge is 0.339 e. The number of ether oxygens (including phenoxy) is 1. The molecule has 1 saturated heterocycles. The second kappa shape index (κ2) is 13.1. The molecule has 0 spiro atoms. The van der Waals surface area contributed by atoms with Gasteiger partial charge in [-0.2, -0.15) is 0 Å². The zero-order chi connectivity index (χ0) is 29.7. The number of halogens is 2. The van der Waals surface area contributed by atoms with Crippen LogP contribution >= 0.6 is 35.0 Å². The lowest BCUT2D eigenvalue weighted by Crippen LogP contribution is -2.36. The van der Waals surface area contributed by atoms with Crippen molar-refractivity contribution in [3.63, 3.8) is 0 Å². The normalized spacial score (nSPS) is 14.0. The fraction of sp³-hybridized carbons (Fsp3) is 0.179. The largest absolute Gasteiger partial charge is 0.478 e. The molecule has 0 bridgehead atoms. The summed E-state index contributed by atoms with van der Waals surface area (Å²) in [5.41, 5.74) is 0.667. The van der Waals surface area contributed by atoms with Crippen LogP contribution in [0, 0.1) is 0 Å². The first-order chi connectivity index (χ1) is 19.6. The summed E-state index contributed by atoms with van der Waals surface area (Å²) in [6.45, 7) is 1.63. The summed E-state index contributed by atoms with van der Waals surface area (Å²) in [5, 5.41) is 11.5. The van der Waals surface area contributed by atoms with Crippen LogP contribution in [0.25, 0.3) is 17.4 Å². The van der Waals surface area contributed by atoms with Crippen LogP contribution in [0.4, 0.5) is 10.5 Å². The number of thioether (sulfide) groups is 1. The van der Waals surface area contributed by atoms with Gasteiger partial charge < -0.3 is 19.6 Å². The van der Waals surface area contributed by atoms with Crippen molar-refractivity contribution >= 4 is 75.7 Å². The average Bonchev–Trinajstić information content (AvgIpc) is 3.50. The molecule has 3 aromatic rings. The molecule has 1 aliphatic rings. The van der Waals surface area contributed by atoms with E-state index in [1.165, 1.54) is 48.5 Å². The monoisotopic (exact) mass is 616 g/mol. The molecule has 4 rings (SSSR count). The van der Waals surface area contributed by atoms with E-state index in [0.29, 0.717) is 23.7 Å². The number of hydrogen-bond donors (Lipinski definition) is 2. The third-order valence-electron chi connectivity index (χ3n) is 5.76. The summed E-state index contributed by atoms with van der Waals surface area (Å²) >= 11 is 12.9. The number of nitrogens with one attached hydrogen (secondary N) is 1. The number of aromatic carboxylic acids is 1. The number of rotatable bonds is 10. The van der Waals surface area contributed by atoms with Crippen LogP contribution in [0.5, 0.6) is 0 Å². The maximum atomic E-state index is 12.9. The van der Waals surface area contributed by atoms with E-state index < -0.39 is 35.5 Å². The van der Waals surface area contributed by atoms with Crippen molar-refractivity contribution < 1.29 is 38.2 Å². The topological polar surface area (TPSA) is 143 Å². The first kappa shape index (κ1) is 29.9. The van der Waals surface area contributed by atoms with Crippen LogP contribution in [-0.2, 0) is 14.3 Å². The Hall–Kier alpha value is -4.06. The molecule has 2 heterocycles. The molecule has 2 N–H and O–H groups in total. The molecule has 0 aliphatic carbocycles. The van der Waals surface area contributed by atoms with Crippen LogP contribution in [-0.4, -0.2) is 52.2 Å². The van der Waals surface area contributed by atoms with Crippen LogP contribution < -0.4 is 5.32 Å². The first-order valence-electron chi connectivity index (χ1n) is 12.2. The van der Waals surface area contributed by atoms with Gasteiger partial charge in [-0.1, -0.05) is 36.5 Å². The lowest BCUT2D eigenvalue weighted by Gasteiger charge is -2.13. The minimum absolute atomic E-state index is 0.0171. The minimum atomic E-state index is -1.13. The van der Waals surface area contributed by atoms with Gasteiger partial charge >= 0.3 is 11.9 Å². The van der Waals surface area contributed by atoms with Crippen molar-refractivity contribution in [2.45, 2.75) is 19.8 Å². The van der Waals surface area contributed by atoms with E-state index >= 15 is 0 Å². The van der Waals surface area contributed by atoms with Crippen LogP contribution in [0.15, 0.2) is 57.9 Å². The molecule has 1 aliphatic heterocycles. The number of hydrogen-bond acceptors (Lipinski definition) is 8. The number of carbonyl (C=O) groups is 5. The van der Waals surface area contributed by atoms with Gasteiger partial charge in [0.1, 0.15) is 18.1 Å². The number of carbonyl (C=O) groups excluding carboxylic acids is 4. The third-order valence-corrected chi connectivity index (χ3v) is 7.32. The summed E-state index contributed by atoms with van der Waals surface area (Å²) in [6.07, 6.45) is 2.89. The number of esters is 1. The highest BCUT2D eigenvalue weighted by Gasteiger charge is 2.36. The number of unbranched alkanes of at least 4 members (excludes halogenated alkanes) is 1. The molecule has 13 heteroatoms. The minimum Gasteiger partial charge on any atom is -0.478 e. The lowest BCUT2D eigenvalue weighted by molar-refractivity contribution is -0.127. The zero-order valence-corrected chi connectivity index (χ0v) is 23.8. The summed E-state index contributed by atoms with van der Waals surface area (Å²) in [6, 6.07) is 11.5. The van der Waals surface area contributed by atoms with E-state index in [1.807, 2.05) is 6.92 Å². The summed E-state index contributed by atoms with van der Waals surface area (Å²) < 4.78 is 10.9. The third kappa shape index (κ3) is 7.18. The second-order valence-corrected chi connectivity index (χ2v) is 10.5. The van der Waals surface area contributed by atoms with E-state index in [0.717, 1.165) is 11.3 Å². The van der Waals surface area contributed by atoms with Gasteiger partial charge in [0.15, 0.2) is 0 Å². The average molecular weight is 617 g/mol. The van der Waals surface area contributed by atoms with Gasteiger partial charge in [-0.3, -0.25) is 19.3 Å². The lowest BCUT2D eigenvalue weighted by atomic mass is 10.1. The number of carboxylic acid groups (broad SMARTS) is 1. The maximum Gasteiger partial charge on any atom is 0.339 e. The quantitative estimate of drug-likeness (QED) is 0.146. The summed E-state index contributed by atoms with van der Waals surface area (Å²) in [5.74, 6) is -2.65. The van der Waals surface area contributed by atoms with E-state index in [1.54, 1.807) is 6.07 Å². The van der Waals surface area contributed by atoms with Gasteiger partial charge in [0.25, 0.3) is 11.1 Å². The Morgan fingerprint density at radius 1 is 1.07 bits per heavy atom. The Kier molecular flexibility index (Phi) is 9.53. The van der Waals surface area contributed by atoms with Gasteiger partial charge in [-0.25, -0.2) is 9.59 Å². The fourth-order valence-corrected chi connectivity index (χ4v) is 4.90. The number of nitrogens with zero attached hydrogens (tertiary/aromatic N) is 1.